The molecule has 0 bridgehead atoms. The molecule has 0 fully saturated rings. The first-order valence-electron chi connectivity index (χ1n) is 7.08. The molecule has 0 unspecified atom stereocenters. The zero-order chi connectivity index (χ0) is 16.1. The second-order valence-electron chi connectivity index (χ2n) is 4.69. The number of aromatic nitrogens is 2. The van der Waals surface area contributed by atoms with Gasteiger partial charge in [-0.3, -0.25) is 14.3 Å². The number of hydrogen-bond acceptors (Lipinski definition) is 5. The smallest absolute Gasteiger partial charge is 0.330 e. The summed E-state index contributed by atoms with van der Waals surface area (Å²) in [5.41, 5.74) is -0.212. The van der Waals surface area contributed by atoms with Crippen LogP contribution in [0.3, 0.4) is 0 Å². The molecule has 0 saturated heterocycles. The topological polar surface area (TPSA) is 90.4 Å². The molecule has 0 spiro atoms. The van der Waals surface area contributed by atoms with Gasteiger partial charge in [0.05, 0.1) is 12.7 Å². The van der Waals surface area contributed by atoms with Crippen LogP contribution in [-0.2, 0) is 14.3 Å². The lowest BCUT2D eigenvalue weighted by molar-refractivity contribution is -0.137. The maximum absolute atomic E-state index is 11.8. The number of esters is 1. The predicted molar refractivity (Wildman–Crippen MR) is 79.4 cm³/mol. The number of carbonyl (C=O) groups is 1. The van der Waals surface area contributed by atoms with E-state index in [1.165, 1.54) is 22.9 Å². The minimum Gasteiger partial charge on any atom is -0.463 e. The summed E-state index contributed by atoms with van der Waals surface area (Å²) in [6, 6.07) is 1.26. The van der Waals surface area contributed by atoms with Crippen molar-refractivity contribution in [3.8, 4) is 0 Å². The van der Waals surface area contributed by atoms with Crippen molar-refractivity contribution in [3.05, 3.63) is 56.9 Å². The van der Waals surface area contributed by atoms with Crippen molar-refractivity contribution in [2.24, 2.45) is 0 Å². The number of rotatable bonds is 5. The van der Waals surface area contributed by atoms with Crippen molar-refractivity contribution in [2.75, 3.05) is 6.61 Å². The van der Waals surface area contributed by atoms with E-state index in [-0.39, 0.29) is 6.10 Å². The van der Waals surface area contributed by atoms with Crippen molar-refractivity contribution in [1.82, 2.24) is 9.55 Å². The van der Waals surface area contributed by atoms with E-state index < -0.39 is 23.4 Å². The van der Waals surface area contributed by atoms with E-state index >= 15 is 0 Å². The molecular formula is C15H18N2O5. The highest BCUT2D eigenvalue weighted by Gasteiger charge is 2.26. The Morgan fingerprint density at radius 3 is 2.86 bits per heavy atom. The van der Waals surface area contributed by atoms with E-state index in [0.717, 1.165) is 5.57 Å². The van der Waals surface area contributed by atoms with Gasteiger partial charge in [-0.2, -0.15) is 0 Å². The molecule has 1 aliphatic rings. The summed E-state index contributed by atoms with van der Waals surface area (Å²) in [5, 5.41) is 0. The molecule has 1 aromatic rings. The highest BCUT2D eigenvalue weighted by atomic mass is 16.5. The minimum absolute atomic E-state index is 0.227. The summed E-state index contributed by atoms with van der Waals surface area (Å²) in [5.74, 6) is -0.428. The summed E-state index contributed by atoms with van der Waals surface area (Å²) < 4.78 is 11.9. The van der Waals surface area contributed by atoms with E-state index in [2.05, 4.69) is 4.98 Å². The average Bonchev–Trinajstić information content (AvgIpc) is 2.88. The lowest BCUT2D eigenvalue weighted by Crippen LogP contribution is -2.31. The van der Waals surface area contributed by atoms with Gasteiger partial charge in [0, 0.05) is 18.3 Å². The quantitative estimate of drug-likeness (QED) is 0.644. The first-order chi connectivity index (χ1) is 10.5. The van der Waals surface area contributed by atoms with Gasteiger partial charge in [0.15, 0.2) is 6.23 Å². The maximum atomic E-state index is 11.8. The molecular weight excluding hydrogens is 288 g/mol. The SMILES string of the molecule is CCOC(=O)/C=C/C1=C[C@H](n2ccc(=O)[nH]c2=O)O[C@@H]1CC. The van der Waals surface area contributed by atoms with Crippen molar-refractivity contribution in [1.29, 1.82) is 0 Å². The fourth-order valence-corrected chi connectivity index (χ4v) is 2.18. The molecule has 0 aromatic carbocycles. The van der Waals surface area contributed by atoms with Gasteiger partial charge in [-0.1, -0.05) is 6.92 Å². The number of H-pyrrole nitrogens is 1. The number of nitrogens with zero attached hydrogens (tertiary/aromatic N) is 1. The molecule has 118 valence electrons. The molecule has 0 amide bonds. The van der Waals surface area contributed by atoms with Crippen molar-refractivity contribution < 1.29 is 14.3 Å². The highest BCUT2D eigenvalue weighted by molar-refractivity contribution is 5.82. The Kier molecular flexibility index (Phi) is 5.11. The summed E-state index contributed by atoms with van der Waals surface area (Å²) in [4.78, 5) is 36.4. The Hall–Kier alpha value is -2.41. The lowest BCUT2D eigenvalue weighted by Gasteiger charge is -2.15. The van der Waals surface area contributed by atoms with E-state index in [4.69, 9.17) is 9.47 Å². The number of carbonyl (C=O) groups excluding carboxylic acids is 1. The number of ether oxygens (including phenoxy) is 2. The lowest BCUT2D eigenvalue weighted by atomic mass is 10.1. The number of hydrogen-bond donors (Lipinski definition) is 1. The molecule has 2 atom stereocenters. The third kappa shape index (κ3) is 3.62. The molecule has 7 nitrogen and oxygen atoms in total. The number of nitrogens with one attached hydrogen (secondary N) is 1. The van der Waals surface area contributed by atoms with Crippen molar-refractivity contribution >= 4 is 5.97 Å². The van der Waals surface area contributed by atoms with Gasteiger partial charge in [0.25, 0.3) is 5.56 Å². The third-order valence-electron chi connectivity index (χ3n) is 3.21. The maximum Gasteiger partial charge on any atom is 0.330 e. The van der Waals surface area contributed by atoms with E-state index in [1.807, 2.05) is 6.92 Å². The third-order valence-corrected chi connectivity index (χ3v) is 3.21. The summed E-state index contributed by atoms with van der Waals surface area (Å²) >= 11 is 0. The number of aromatic amines is 1. The van der Waals surface area contributed by atoms with Crippen LogP contribution in [0.4, 0.5) is 0 Å². The predicted octanol–water partition coefficient (Wildman–Crippen LogP) is 0.890. The van der Waals surface area contributed by atoms with Crippen LogP contribution in [0.15, 0.2) is 45.7 Å². The first kappa shape index (κ1) is 16.0. The molecule has 0 radical (unpaired) electrons. The van der Waals surface area contributed by atoms with Gasteiger partial charge in [-0.25, -0.2) is 9.59 Å². The zero-order valence-electron chi connectivity index (χ0n) is 12.4. The van der Waals surface area contributed by atoms with Crippen LogP contribution in [0.5, 0.6) is 0 Å². The molecule has 0 aliphatic carbocycles. The van der Waals surface area contributed by atoms with Crippen LogP contribution in [0.1, 0.15) is 26.5 Å². The highest BCUT2D eigenvalue weighted by Crippen LogP contribution is 2.28. The Bertz CT molecular complexity index is 713. The Labute approximate surface area is 126 Å². The normalized spacial score (nSPS) is 21.1. The Balaban J connectivity index is 2.24. The van der Waals surface area contributed by atoms with E-state index in [1.54, 1.807) is 19.1 Å². The van der Waals surface area contributed by atoms with Crippen molar-refractivity contribution in [2.45, 2.75) is 32.6 Å². The molecule has 7 heteroatoms. The van der Waals surface area contributed by atoms with Gasteiger partial charge in [0.2, 0.25) is 0 Å². The van der Waals surface area contributed by atoms with Crippen LogP contribution >= 0.6 is 0 Å². The van der Waals surface area contributed by atoms with Crippen molar-refractivity contribution in [3.63, 3.8) is 0 Å². The van der Waals surface area contributed by atoms with Gasteiger partial charge < -0.3 is 9.47 Å². The van der Waals surface area contributed by atoms with E-state index in [9.17, 15) is 14.4 Å². The van der Waals surface area contributed by atoms with Crippen LogP contribution in [0.25, 0.3) is 0 Å². The van der Waals surface area contributed by atoms with Gasteiger partial charge in [-0.15, -0.1) is 0 Å². The molecule has 1 aromatic heterocycles. The fourth-order valence-electron chi connectivity index (χ4n) is 2.18. The first-order valence-corrected chi connectivity index (χ1v) is 7.08. The molecule has 2 heterocycles. The van der Waals surface area contributed by atoms with Gasteiger partial charge >= 0.3 is 11.7 Å². The second kappa shape index (κ2) is 7.04. The molecule has 22 heavy (non-hydrogen) atoms. The average molecular weight is 306 g/mol. The van der Waals surface area contributed by atoms with Gasteiger partial charge in [0.1, 0.15) is 0 Å². The van der Waals surface area contributed by atoms with Crippen LogP contribution < -0.4 is 11.2 Å². The summed E-state index contributed by atoms with van der Waals surface area (Å²) in [6.07, 6.45) is 5.93. The minimum atomic E-state index is -0.615. The van der Waals surface area contributed by atoms with Crippen LogP contribution in [-0.4, -0.2) is 28.2 Å². The largest absolute Gasteiger partial charge is 0.463 e. The zero-order valence-corrected chi connectivity index (χ0v) is 12.4. The van der Waals surface area contributed by atoms with Gasteiger partial charge in [-0.05, 0) is 31.1 Å². The molecule has 1 aliphatic heterocycles. The van der Waals surface area contributed by atoms with Crippen LogP contribution in [0, 0.1) is 0 Å². The Morgan fingerprint density at radius 1 is 1.45 bits per heavy atom. The summed E-state index contributed by atoms with van der Waals surface area (Å²) in [7, 11) is 0. The summed E-state index contributed by atoms with van der Waals surface area (Å²) in [6.45, 7) is 3.98. The second-order valence-corrected chi connectivity index (χ2v) is 4.69. The van der Waals surface area contributed by atoms with E-state index in [0.29, 0.717) is 13.0 Å². The monoisotopic (exact) mass is 306 g/mol. The molecule has 1 N–H and O–H groups in total. The standard InChI is InChI=1S/C15H18N2O5/c1-3-11-10(5-6-14(19)21-4-2)9-13(22-11)17-8-7-12(18)16-15(17)20/h5-9,11,13H,3-4H2,1-2H3,(H,16,18,20)/b6-5+/t11-,13-/m1/s1. The fraction of sp³-hybridized carbons (Fsp3) is 0.400. The Morgan fingerprint density at radius 2 is 2.23 bits per heavy atom. The molecule has 0 saturated carbocycles. The van der Waals surface area contributed by atoms with Crippen LogP contribution in [0.2, 0.25) is 0 Å². The molecule has 2 rings (SSSR count).